The van der Waals surface area contributed by atoms with Crippen LogP contribution in [0.2, 0.25) is 0 Å². The third-order valence-electron chi connectivity index (χ3n) is 3.05. The van der Waals surface area contributed by atoms with E-state index < -0.39 is 0 Å². The Labute approximate surface area is 123 Å². The Morgan fingerprint density at radius 2 is 2.14 bits per heavy atom. The molecule has 0 aliphatic carbocycles. The molecule has 21 heavy (non-hydrogen) atoms. The Kier molecular flexibility index (Phi) is 4.52. The number of nitriles is 1. The number of aryl methyl sites for hydroxylation is 1. The highest BCUT2D eigenvalue weighted by atomic mass is 16.1. The lowest BCUT2D eigenvalue weighted by atomic mass is 10.1. The monoisotopic (exact) mass is 280 g/mol. The van der Waals surface area contributed by atoms with Gasteiger partial charge in [0.25, 0.3) is 5.91 Å². The summed E-state index contributed by atoms with van der Waals surface area (Å²) in [6, 6.07) is 9.02. The van der Waals surface area contributed by atoms with Gasteiger partial charge in [-0.3, -0.25) is 9.78 Å². The number of pyridine rings is 1. The van der Waals surface area contributed by atoms with Crippen LogP contribution in [-0.2, 0) is 0 Å². The summed E-state index contributed by atoms with van der Waals surface area (Å²) in [5, 5.41) is 14.9. The molecule has 0 saturated carbocycles. The Morgan fingerprint density at radius 3 is 2.86 bits per heavy atom. The van der Waals surface area contributed by atoms with Gasteiger partial charge < -0.3 is 10.6 Å². The fourth-order valence-corrected chi connectivity index (χ4v) is 1.94. The van der Waals surface area contributed by atoms with E-state index in [2.05, 4.69) is 21.7 Å². The van der Waals surface area contributed by atoms with Gasteiger partial charge in [0, 0.05) is 24.6 Å². The third kappa shape index (κ3) is 3.37. The first-order valence-corrected chi connectivity index (χ1v) is 6.65. The summed E-state index contributed by atoms with van der Waals surface area (Å²) in [5.41, 5.74) is 3.25. The van der Waals surface area contributed by atoms with Crippen molar-refractivity contribution in [2.75, 3.05) is 17.2 Å². The molecule has 2 N–H and O–H groups in total. The molecule has 1 amide bonds. The van der Waals surface area contributed by atoms with Crippen molar-refractivity contribution in [3.63, 3.8) is 0 Å². The normalized spacial score (nSPS) is 9.76. The zero-order valence-electron chi connectivity index (χ0n) is 12.0. The number of amides is 1. The first-order valence-electron chi connectivity index (χ1n) is 6.65. The van der Waals surface area contributed by atoms with E-state index in [0.29, 0.717) is 23.4 Å². The zero-order valence-corrected chi connectivity index (χ0v) is 12.0. The minimum Gasteiger partial charge on any atom is -0.385 e. The van der Waals surface area contributed by atoms with Crippen LogP contribution < -0.4 is 10.6 Å². The number of nitrogens with one attached hydrogen (secondary N) is 2. The molecule has 106 valence electrons. The van der Waals surface area contributed by atoms with Crippen molar-refractivity contribution in [3.05, 3.63) is 53.3 Å². The second-order valence-electron chi connectivity index (χ2n) is 4.55. The van der Waals surface area contributed by atoms with Gasteiger partial charge in [0.1, 0.15) is 0 Å². The molecule has 0 unspecified atom stereocenters. The van der Waals surface area contributed by atoms with Crippen molar-refractivity contribution in [1.29, 1.82) is 5.26 Å². The van der Waals surface area contributed by atoms with E-state index in [1.165, 1.54) is 6.20 Å². The summed E-state index contributed by atoms with van der Waals surface area (Å²) >= 11 is 0. The molecular weight excluding hydrogens is 264 g/mol. The van der Waals surface area contributed by atoms with Crippen molar-refractivity contribution in [1.82, 2.24) is 4.98 Å². The van der Waals surface area contributed by atoms with Crippen LogP contribution in [0.25, 0.3) is 0 Å². The van der Waals surface area contributed by atoms with Gasteiger partial charge in [0.05, 0.1) is 22.9 Å². The van der Waals surface area contributed by atoms with Crippen LogP contribution in [0.3, 0.4) is 0 Å². The predicted molar refractivity (Wildman–Crippen MR) is 82.2 cm³/mol. The molecule has 0 aliphatic heterocycles. The first-order chi connectivity index (χ1) is 10.2. The molecule has 1 aromatic carbocycles. The van der Waals surface area contributed by atoms with Gasteiger partial charge in [-0.25, -0.2) is 0 Å². The van der Waals surface area contributed by atoms with E-state index >= 15 is 0 Å². The number of rotatable bonds is 4. The van der Waals surface area contributed by atoms with Crippen LogP contribution in [0.1, 0.15) is 28.4 Å². The van der Waals surface area contributed by atoms with E-state index in [-0.39, 0.29) is 5.91 Å². The maximum atomic E-state index is 12.4. The van der Waals surface area contributed by atoms with Gasteiger partial charge in [-0.15, -0.1) is 0 Å². The number of nitrogens with zero attached hydrogens (tertiary/aromatic N) is 2. The molecule has 2 rings (SSSR count). The summed E-state index contributed by atoms with van der Waals surface area (Å²) in [4.78, 5) is 16.4. The van der Waals surface area contributed by atoms with Crippen LogP contribution in [0.15, 0.2) is 36.7 Å². The fraction of sp³-hybridized carbons (Fsp3) is 0.188. The molecule has 0 aliphatic rings. The molecule has 0 saturated heterocycles. The minimum atomic E-state index is -0.253. The van der Waals surface area contributed by atoms with E-state index in [4.69, 9.17) is 5.26 Å². The molecule has 2 aromatic rings. The van der Waals surface area contributed by atoms with Gasteiger partial charge in [0.2, 0.25) is 0 Å². The number of hydrogen-bond donors (Lipinski definition) is 2. The second kappa shape index (κ2) is 6.53. The van der Waals surface area contributed by atoms with Crippen molar-refractivity contribution >= 4 is 17.3 Å². The van der Waals surface area contributed by atoms with Crippen LogP contribution in [0, 0.1) is 18.3 Å². The Hall–Kier alpha value is -2.87. The van der Waals surface area contributed by atoms with E-state index in [1.54, 1.807) is 24.4 Å². The molecule has 0 radical (unpaired) electrons. The molecule has 5 heteroatoms. The quantitative estimate of drug-likeness (QED) is 0.902. The molecule has 0 spiro atoms. The number of anilines is 2. The minimum absolute atomic E-state index is 0.253. The Bertz CT molecular complexity index is 704. The van der Waals surface area contributed by atoms with Crippen LogP contribution in [-0.4, -0.2) is 17.4 Å². The van der Waals surface area contributed by atoms with Crippen molar-refractivity contribution in [3.8, 4) is 6.07 Å². The third-order valence-corrected chi connectivity index (χ3v) is 3.05. The second-order valence-corrected chi connectivity index (χ2v) is 4.55. The highest BCUT2D eigenvalue weighted by Crippen LogP contribution is 2.20. The summed E-state index contributed by atoms with van der Waals surface area (Å²) < 4.78 is 0. The van der Waals surface area contributed by atoms with Gasteiger partial charge in [-0.05, 0) is 37.6 Å². The standard InChI is InChI=1S/C16H16N4O/c1-3-19-14-6-7-18-10-13(14)16(21)20-15-8-12(9-17)5-4-11(15)2/h4-8,10H,3H2,1-2H3,(H,18,19)(H,20,21). The highest BCUT2D eigenvalue weighted by molar-refractivity contribution is 6.08. The molecular formula is C16H16N4O. The van der Waals surface area contributed by atoms with Gasteiger partial charge in [0.15, 0.2) is 0 Å². The lowest BCUT2D eigenvalue weighted by Crippen LogP contribution is -2.16. The van der Waals surface area contributed by atoms with Crippen molar-refractivity contribution in [2.45, 2.75) is 13.8 Å². The van der Waals surface area contributed by atoms with E-state index in [9.17, 15) is 4.79 Å². The predicted octanol–water partition coefficient (Wildman–Crippen LogP) is 2.95. The topological polar surface area (TPSA) is 77.8 Å². The van der Waals surface area contributed by atoms with E-state index in [1.807, 2.05) is 19.9 Å². The SMILES string of the molecule is CCNc1ccncc1C(=O)Nc1cc(C#N)ccc1C. The summed E-state index contributed by atoms with van der Waals surface area (Å²) in [6.45, 7) is 4.56. The smallest absolute Gasteiger partial charge is 0.259 e. The number of carbonyl (C=O) groups is 1. The molecule has 1 aromatic heterocycles. The lowest BCUT2D eigenvalue weighted by molar-refractivity contribution is 0.102. The van der Waals surface area contributed by atoms with Crippen molar-refractivity contribution in [2.24, 2.45) is 0 Å². The van der Waals surface area contributed by atoms with Crippen LogP contribution in [0.5, 0.6) is 0 Å². The zero-order chi connectivity index (χ0) is 15.2. The van der Waals surface area contributed by atoms with Gasteiger partial charge in [-0.2, -0.15) is 5.26 Å². The number of aromatic nitrogens is 1. The number of carbonyl (C=O) groups excluding carboxylic acids is 1. The van der Waals surface area contributed by atoms with Gasteiger partial charge in [-0.1, -0.05) is 6.07 Å². The summed E-state index contributed by atoms with van der Waals surface area (Å²) in [7, 11) is 0. The Morgan fingerprint density at radius 1 is 1.33 bits per heavy atom. The average Bonchev–Trinajstić information content (AvgIpc) is 2.50. The first kappa shape index (κ1) is 14.5. The van der Waals surface area contributed by atoms with Crippen LogP contribution >= 0.6 is 0 Å². The molecule has 0 bridgehead atoms. The summed E-state index contributed by atoms with van der Waals surface area (Å²) in [6.07, 6.45) is 3.16. The Balaban J connectivity index is 2.28. The molecule has 5 nitrogen and oxygen atoms in total. The maximum Gasteiger partial charge on any atom is 0.259 e. The largest absolute Gasteiger partial charge is 0.385 e. The number of hydrogen-bond acceptors (Lipinski definition) is 4. The van der Waals surface area contributed by atoms with E-state index in [0.717, 1.165) is 11.3 Å². The maximum absolute atomic E-state index is 12.4. The van der Waals surface area contributed by atoms with Crippen LogP contribution in [0.4, 0.5) is 11.4 Å². The highest BCUT2D eigenvalue weighted by Gasteiger charge is 2.12. The summed E-state index contributed by atoms with van der Waals surface area (Å²) in [5.74, 6) is -0.253. The molecule has 1 heterocycles. The average molecular weight is 280 g/mol. The van der Waals surface area contributed by atoms with Gasteiger partial charge >= 0.3 is 0 Å². The molecule has 0 atom stereocenters. The molecule has 0 fully saturated rings. The lowest BCUT2D eigenvalue weighted by Gasteiger charge is -2.12. The number of benzene rings is 1. The fourth-order valence-electron chi connectivity index (χ4n) is 1.94. The van der Waals surface area contributed by atoms with Crippen molar-refractivity contribution < 1.29 is 4.79 Å².